The van der Waals surface area contributed by atoms with E-state index in [0.717, 1.165) is 43.2 Å². The maximum atomic E-state index is 14.6. The fourth-order valence-corrected chi connectivity index (χ4v) is 5.81. The normalized spacial score (nSPS) is 26.0. The number of nitrogens with zero attached hydrogens (tertiary/aromatic N) is 2. The Kier molecular flexibility index (Phi) is 8.07. The Morgan fingerprint density at radius 3 is 2.68 bits per heavy atom. The van der Waals surface area contributed by atoms with Crippen LogP contribution in [0.4, 0.5) is 10.1 Å². The van der Waals surface area contributed by atoms with Crippen molar-refractivity contribution in [2.45, 2.75) is 83.5 Å². The van der Waals surface area contributed by atoms with Gasteiger partial charge >= 0.3 is 0 Å². The van der Waals surface area contributed by atoms with Crippen molar-refractivity contribution < 1.29 is 14.0 Å². The van der Waals surface area contributed by atoms with Crippen molar-refractivity contribution in [3.63, 3.8) is 0 Å². The van der Waals surface area contributed by atoms with Gasteiger partial charge in [0.1, 0.15) is 17.8 Å². The molecule has 4 rings (SSSR count). The van der Waals surface area contributed by atoms with Crippen molar-refractivity contribution in [2.24, 2.45) is 17.8 Å². The molecule has 1 amide bonds. The zero-order valence-electron chi connectivity index (χ0n) is 20.3. The number of amides is 1. The molecule has 3 atom stereocenters. The van der Waals surface area contributed by atoms with E-state index in [-0.39, 0.29) is 29.3 Å². The molecule has 6 heteroatoms. The molecule has 5 nitrogen and oxygen atoms in total. The number of carbonyl (C=O) groups excluding carboxylic acids is 2. The standard InChI is InChI=1S/C28H36FN3O2/c1-3-18(2)21-5-4-6-22(15-21)23-13-14-30-16-26(23)32-28(34)25-12-11-24(29)27(31-25)20-9-7-19(17-33)8-10-20/h11-14,16-22H,3-10,15H2,1-2H3,(H,32,34). The third-order valence-corrected chi connectivity index (χ3v) is 8.16. The Morgan fingerprint density at radius 2 is 1.94 bits per heavy atom. The zero-order valence-corrected chi connectivity index (χ0v) is 20.3. The summed E-state index contributed by atoms with van der Waals surface area (Å²) < 4.78 is 14.6. The Bertz CT molecular complexity index is 1000. The fourth-order valence-electron chi connectivity index (χ4n) is 5.81. The van der Waals surface area contributed by atoms with Gasteiger partial charge in [0.05, 0.1) is 17.6 Å². The smallest absolute Gasteiger partial charge is 0.274 e. The summed E-state index contributed by atoms with van der Waals surface area (Å²) in [7, 11) is 0. The third kappa shape index (κ3) is 5.53. The van der Waals surface area contributed by atoms with Gasteiger partial charge < -0.3 is 10.1 Å². The zero-order chi connectivity index (χ0) is 24.1. The van der Waals surface area contributed by atoms with Gasteiger partial charge in [-0.2, -0.15) is 0 Å². The molecule has 34 heavy (non-hydrogen) atoms. The van der Waals surface area contributed by atoms with Crippen LogP contribution in [0.2, 0.25) is 0 Å². The van der Waals surface area contributed by atoms with Crippen LogP contribution in [0.25, 0.3) is 0 Å². The molecule has 2 aromatic rings. The summed E-state index contributed by atoms with van der Waals surface area (Å²) in [6.45, 7) is 4.59. The van der Waals surface area contributed by atoms with Crippen LogP contribution >= 0.6 is 0 Å². The monoisotopic (exact) mass is 465 g/mol. The van der Waals surface area contributed by atoms with Crippen LogP contribution in [0, 0.1) is 23.6 Å². The van der Waals surface area contributed by atoms with E-state index < -0.39 is 0 Å². The highest BCUT2D eigenvalue weighted by atomic mass is 19.1. The predicted molar refractivity (Wildman–Crippen MR) is 131 cm³/mol. The molecular formula is C28H36FN3O2. The summed E-state index contributed by atoms with van der Waals surface area (Å²) in [5, 5.41) is 3.02. The van der Waals surface area contributed by atoms with E-state index in [4.69, 9.17) is 0 Å². The molecule has 2 saturated carbocycles. The largest absolute Gasteiger partial charge is 0.319 e. The molecular weight excluding hydrogens is 429 g/mol. The van der Waals surface area contributed by atoms with Gasteiger partial charge in [-0.3, -0.25) is 9.78 Å². The highest BCUT2D eigenvalue weighted by molar-refractivity contribution is 6.03. The van der Waals surface area contributed by atoms with Gasteiger partial charge in [0.15, 0.2) is 0 Å². The van der Waals surface area contributed by atoms with Crippen LogP contribution in [0.5, 0.6) is 0 Å². The van der Waals surface area contributed by atoms with Crippen molar-refractivity contribution in [3.05, 3.63) is 53.4 Å². The Labute approximate surface area is 202 Å². The molecule has 0 saturated heterocycles. The van der Waals surface area contributed by atoms with Gasteiger partial charge in [-0.15, -0.1) is 0 Å². The maximum absolute atomic E-state index is 14.6. The number of hydrogen-bond acceptors (Lipinski definition) is 4. The molecule has 3 unspecified atom stereocenters. The Morgan fingerprint density at radius 1 is 1.15 bits per heavy atom. The molecule has 0 aliphatic heterocycles. The first-order valence-corrected chi connectivity index (χ1v) is 12.9. The van der Waals surface area contributed by atoms with Crippen molar-refractivity contribution in [2.75, 3.05) is 5.32 Å². The second-order valence-corrected chi connectivity index (χ2v) is 10.2. The summed E-state index contributed by atoms with van der Waals surface area (Å²) in [4.78, 5) is 32.9. The van der Waals surface area contributed by atoms with E-state index in [2.05, 4.69) is 29.1 Å². The second-order valence-electron chi connectivity index (χ2n) is 10.2. The van der Waals surface area contributed by atoms with Gasteiger partial charge in [0.25, 0.3) is 5.91 Å². The van der Waals surface area contributed by atoms with Crippen molar-refractivity contribution in [1.82, 2.24) is 9.97 Å². The number of rotatable bonds is 7. The number of aromatic nitrogens is 2. The summed E-state index contributed by atoms with van der Waals surface area (Å²) in [5.41, 5.74) is 2.41. The van der Waals surface area contributed by atoms with Gasteiger partial charge in [-0.1, -0.05) is 33.1 Å². The first-order valence-electron chi connectivity index (χ1n) is 12.9. The van der Waals surface area contributed by atoms with Crippen LogP contribution in [0.3, 0.4) is 0 Å². The predicted octanol–water partition coefficient (Wildman–Crippen LogP) is 6.66. The quantitative estimate of drug-likeness (QED) is 0.464. The fraction of sp³-hybridized carbons (Fsp3) is 0.571. The molecule has 0 spiro atoms. The molecule has 2 aromatic heterocycles. The van der Waals surface area contributed by atoms with Crippen molar-refractivity contribution in [1.29, 1.82) is 0 Å². The Hall–Kier alpha value is -2.63. The van der Waals surface area contributed by atoms with Gasteiger partial charge in [-0.05, 0) is 80.0 Å². The molecule has 2 heterocycles. The summed E-state index contributed by atoms with van der Waals surface area (Å²) in [6.07, 6.45) is 13.3. The first-order chi connectivity index (χ1) is 16.5. The van der Waals surface area contributed by atoms with E-state index in [1.165, 1.54) is 31.4 Å². The number of pyridine rings is 2. The summed E-state index contributed by atoms with van der Waals surface area (Å²) in [5.74, 6) is 1.07. The van der Waals surface area contributed by atoms with Crippen LogP contribution < -0.4 is 5.32 Å². The molecule has 0 aromatic carbocycles. The van der Waals surface area contributed by atoms with Crippen LogP contribution in [-0.2, 0) is 4.79 Å². The lowest BCUT2D eigenvalue weighted by Crippen LogP contribution is -2.22. The van der Waals surface area contributed by atoms with E-state index in [9.17, 15) is 14.0 Å². The number of aldehydes is 1. The lowest BCUT2D eigenvalue weighted by molar-refractivity contribution is -0.111. The average molecular weight is 466 g/mol. The summed E-state index contributed by atoms with van der Waals surface area (Å²) >= 11 is 0. The van der Waals surface area contributed by atoms with Gasteiger partial charge in [-0.25, -0.2) is 9.37 Å². The molecule has 2 aliphatic carbocycles. The number of anilines is 1. The Balaban J connectivity index is 1.50. The minimum atomic E-state index is -0.383. The van der Waals surface area contributed by atoms with Crippen molar-refractivity contribution in [3.8, 4) is 0 Å². The van der Waals surface area contributed by atoms with Gasteiger partial charge in [0.2, 0.25) is 0 Å². The first kappa shape index (κ1) is 24.5. The molecule has 1 N–H and O–H groups in total. The number of carbonyl (C=O) groups is 2. The van der Waals surface area contributed by atoms with E-state index >= 15 is 0 Å². The van der Waals surface area contributed by atoms with E-state index in [0.29, 0.717) is 36.3 Å². The molecule has 0 bridgehead atoms. The topological polar surface area (TPSA) is 72.0 Å². The summed E-state index contributed by atoms with van der Waals surface area (Å²) in [6, 6.07) is 4.81. The highest BCUT2D eigenvalue weighted by Crippen LogP contribution is 2.42. The van der Waals surface area contributed by atoms with Crippen LogP contribution in [-0.4, -0.2) is 22.2 Å². The highest BCUT2D eigenvalue weighted by Gasteiger charge is 2.29. The molecule has 0 radical (unpaired) electrons. The molecule has 182 valence electrons. The minimum absolute atomic E-state index is 0.0505. The second kappa shape index (κ2) is 11.2. The number of nitrogens with one attached hydrogen (secondary N) is 1. The van der Waals surface area contributed by atoms with Crippen molar-refractivity contribution >= 4 is 17.9 Å². The SMILES string of the molecule is CCC(C)C1CCCC(c2ccncc2NC(=O)c2ccc(F)c(C3CCC(C=O)CC3)n2)C1. The van der Waals surface area contributed by atoms with Crippen LogP contribution in [0.1, 0.15) is 105 Å². The molecule has 2 aliphatic rings. The number of hydrogen-bond donors (Lipinski definition) is 1. The third-order valence-electron chi connectivity index (χ3n) is 8.16. The number of halogens is 1. The molecule has 2 fully saturated rings. The lowest BCUT2D eigenvalue weighted by atomic mass is 9.72. The van der Waals surface area contributed by atoms with E-state index in [1.807, 2.05) is 6.07 Å². The average Bonchev–Trinajstić information content (AvgIpc) is 2.89. The van der Waals surface area contributed by atoms with Gasteiger partial charge in [0, 0.05) is 18.0 Å². The lowest BCUT2D eigenvalue weighted by Gasteiger charge is -2.33. The maximum Gasteiger partial charge on any atom is 0.274 e. The van der Waals surface area contributed by atoms with Crippen LogP contribution in [0.15, 0.2) is 30.6 Å². The minimum Gasteiger partial charge on any atom is -0.319 e. The van der Waals surface area contributed by atoms with E-state index in [1.54, 1.807) is 12.4 Å².